The van der Waals surface area contributed by atoms with Crippen LogP contribution in [-0.2, 0) is 25.8 Å². The lowest BCUT2D eigenvalue weighted by atomic mass is 10.1. The lowest BCUT2D eigenvalue weighted by molar-refractivity contribution is 0.416. The molecule has 9 heteroatoms. The third-order valence-electron chi connectivity index (χ3n) is 3.74. The summed E-state index contributed by atoms with van der Waals surface area (Å²) in [7, 11) is -6.16. The molecule has 0 aliphatic heterocycles. The van der Waals surface area contributed by atoms with Crippen LogP contribution in [0.5, 0.6) is 5.75 Å². The first-order valence-corrected chi connectivity index (χ1v) is 11.4. The average molecular weight is 413 g/mol. The Hall–Kier alpha value is -2.10. The van der Waals surface area contributed by atoms with Crippen LogP contribution < -0.4 is 14.2 Å². The summed E-state index contributed by atoms with van der Waals surface area (Å²) in [5.41, 5.74) is 1.58. The van der Waals surface area contributed by atoms with E-state index in [0.717, 1.165) is 5.56 Å². The molecule has 2 N–H and O–H groups in total. The smallest absolute Gasteiger partial charge is 0.240 e. The highest BCUT2D eigenvalue weighted by atomic mass is 32.2. The summed E-state index contributed by atoms with van der Waals surface area (Å²) in [6.45, 7) is 5.23. The minimum atomic E-state index is -3.77. The molecule has 0 aliphatic carbocycles. The molecule has 0 aliphatic rings. The van der Waals surface area contributed by atoms with Gasteiger partial charge in [0.1, 0.15) is 5.75 Å². The molecule has 0 radical (unpaired) electrons. The molecular weight excluding hydrogens is 388 g/mol. The Balaban J connectivity index is 2.36. The molecular formula is C18H24N2O5S2. The molecule has 2 aromatic rings. The van der Waals surface area contributed by atoms with Crippen LogP contribution in [0.3, 0.4) is 0 Å². The predicted octanol–water partition coefficient (Wildman–Crippen LogP) is 2.63. The number of aryl methyl sites for hydroxylation is 1. The van der Waals surface area contributed by atoms with Gasteiger partial charge >= 0.3 is 0 Å². The van der Waals surface area contributed by atoms with Crippen LogP contribution in [0, 0.1) is 6.92 Å². The number of benzene rings is 2. The minimum absolute atomic E-state index is 0.0504. The summed E-state index contributed by atoms with van der Waals surface area (Å²) < 4.78 is 60.0. The van der Waals surface area contributed by atoms with E-state index in [1.54, 1.807) is 26.0 Å². The topological polar surface area (TPSA) is 102 Å². The first-order chi connectivity index (χ1) is 12.5. The zero-order valence-corrected chi connectivity index (χ0v) is 17.3. The van der Waals surface area contributed by atoms with E-state index in [9.17, 15) is 16.8 Å². The Bertz CT molecular complexity index is 1020. The molecule has 0 aromatic heterocycles. The Morgan fingerprint density at radius 3 is 2.30 bits per heavy atom. The van der Waals surface area contributed by atoms with Crippen LogP contribution in [0.15, 0.2) is 47.4 Å². The molecule has 7 nitrogen and oxygen atoms in total. The number of sulfonamides is 2. The largest absolute Gasteiger partial charge is 0.495 e. The van der Waals surface area contributed by atoms with Crippen LogP contribution in [0.25, 0.3) is 0 Å². The summed E-state index contributed by atoms with van der Waals surface area (Å²) in [6, 6.07) is 10.9. The predicted molar refractivity (Wildman–Crippen MR) is 106 cm³/mol. The first kappa shape index (κ1) is 21.2. The summed E-state index contributed by atoms with van der Waals surface area (Å²) in [5, 5.41) is 0. The normalized spacial score (nSPS) is 12.2. The molecule has 0 atom stereocenters. The fourth-order valence-electron chi connectivity index (χ4n) is 2.49. The number of hydrogen-bond donors (Lipinski definition) is 2. The Morgan fingerprint density at radius 2 is 1.70 bits per heavy atom. The number of rotatable bonds is 8. The Labute approximate surface area is 160 Å². The van der Waals surface area contributed by atoms with Crippen molar-refractivity contribution in [1.29, 1.82) is 0 Å². The third-order valence-corrected chi connectivity index (χ3v) is 6.62. The highest BCUT2D eigenvalue weighted by molar-refractivity contribution is 7.92. The number of anilines is 1. The molecule has 2 aromatic carbocycles. The molecule has 0 spiro atoms. The van der Waals surface area contributed by atoms with Gasteiger partial charge in [-0.1, -0.05) is 24.3 Å². The van der Waals surface area contributed by atoms with Gasteiger partial charge in [0.2, 0.25) is 20.0 Å². The van der Waals surface area contributed by atoms with Gasteiger partial charge in [0, 0.05) is 6.04 Å². The average Bonchev–Trinajstić information content (AvgIpc) is 2.55. The second kappa shape index (κ2) is 8.28. The van der Waals surface area contributed by atoms with Crippen molar-refractivity contribution in [3.63, 3.8) is 0 Å². The Morgan fingerprint density at radius 1 is 1.04 bits per heavy atom. The van der Waals surface area contributed by atoms with E-state index < -0.39 is 20.0 Å². The maximum absolute atomic E-state index is 12.6. The molecule has 27 heavy (non-hydrogen) atoms. The molecule has 148 valence electrons. The number of ether oxygens (including phenoxy) is 1. The molecule has 0 heterocycles. The summed E-state index contributed by atoms with van der Waals surface area (Å²) in [4.78, 5) is -0.0504. The quantitative estimate of drug-likeness (QED) is 0.694. The number of methoxy groups -OCH3 is 1. The standard InChI is InChI=1S/C18H24N2O5S2/c1-13(2)19-27(23,24)16-9-10-18(25-4)17(11-16)20-26(21,22)12-15-8-6-5-7-14(15)3/h5-11,13,19-20H,12H2,1-4H3. The SMILES string of the molecule is COc1ccc(S(=O)(=O)NC(C)C)cc1NS(=O)(=O)Cc1ccccc1C. The molecule has 2 rings (SSSR count). The van der Waals surface area contributed by atoms with Gasteiger partial charge in [0.15, 0.2) is 0 Å². The first-order valence-electron chi connectivity index (χ1n) is 8.29. The van der Waals surface area contributed by atoms with Crippen molar-refractivity contribution in [2.45, 2.75) is 37.5 Å². The van der Waals surface area contributed by atoms with Gasteiger partial charge in [-0.2, -0.15) is 0 Å². The van der Waals surface area contributed by atoms with Gasteiger partial charge in [0.25, 0.3) is 0 Å². The molecule has 0 bridgehead atoms. The second-order valence-electron chi connectivity index (χ2n) is 6.43. The zero-order chi connectivity index (χ0) is 20.2. The summed E-state index contributed by atoms with van der Waals surface area (Å²) in [6.07, 6.45) is 0. The van der Waals surface area contributed by atoms with E-state index >= 15 is 0 Å². The number of hydrogen-bond acceptors (Lipinski definition) is 5. The fourth-order valence-corrected chi connectivity index (χ4v) is 5.07. The van der Waals surface area contributed by atoms with E-state index in [2.05, 4.69) is 9.44 Å². The van der Waals surface area contributed by atoms with Gasteiger partial charge in [0.05, 0.1) is 23.4 Å². The zero-order valence-electron chi connectivity index (χ0n) is 15.7. The maximum atomic E-state index is 12.6. The third kappa shape index (κ3) is 5.69. The van der Waals surface area contributed by atoms with Crippen molar-refractivity contribution in [1.82, 2.24) is 4.72 Å². The Kier molecular flexibility index (Phi) is 6.50. The molecule has 0 saturated heterocycles. The monoisotopic (exact) mass is 412 g/mol. The van der Waals surface area contributed by atoms with E-state index in [-0.39, 0.29) is 28.1 Å². The minimum Gasteiger partial charge on any atom is -0.495 e. The van der Waals surface area contributed by atoms with E-state index in [1.165, 1.54) is 25.3 Å². The lowest BCUT2D eigenvalue weighted by Gasteiger charge is -2.15. The van der Waals surface area contributed by atoms with Crippen LogP contribution in [0.2, 0.25) is 0 Å². The lowest BCUT2D eigenvalue weighted by Crippen LogP contribution is -2.30. The molecule has 0 unspecified atom stereocenters. The van der Waals surface area contributed by atoms with Gasteiger partial charge in [-0.05, 0) is 50.1 Å². The van der Waals surface area contributed by atoms with Gasteiger partial charge in [-0.3, -0.25) is 4.72 Å². The van der Waals surface area contributed by atoms with Crippen molar-refractivity contribution < 1.29 is 21.6 Å². The summed E-state index contributed by atoms with van der Waals surface area (Å²) in [5.74, 6) is -0.00352. The maximum Gasteiger partial charge on any atom is 0.240 e. The molecule has 0 amide bonds. The van der Waals surface area contributed by atoms with E-state index in [0.29, 0.717) is 5.56 Å². The molecule has 0 saturated carbocycles. The van der Waals surface area contributed by atoms with Crippen molar-refractivity contribution in [3.8, 4) is 5.75 Å². The van der Waals surface area contributed by atoms with Gasteiger partial charge < -0.3 is 4.74 Å². The van der Waals surface area contributed by atoms with Crippen LogP contribution >= 0.6 is 0 Å². The molecule has 0 fully saturated rings. The van der Waals surface area contributed by atoms with Crippen LogP contribution in [0.4, 0.5) is 5.69 Å². The van der Waals surface area contributed by atoms with Crippen molar-refractivity contribution in [2.24, 2.45) is 0 Å². The highest BCUT2D eigenvalue weighted by Crippen LogP contribution is 2.29. The number of nitrogens with one attached hydrogen (secondary N) is 2. The van der Waals surface area contributed by atoms with Gasteiger partial charge in [-0.25, -0.2) is 21.6 Å². The van der Waals surface area contributed by atoms with E-state index in [4.69, 9.17) is 4.74 Å². The fraction of sp³-hybridized carbons (Fsp3) is 0.333. The summed E-state index contributed by atoms with van der Waals surface area (Å²) >= 11 is 0. The van der Waals surface area contributed by atoms with Gasteiger partial charge in [-0.15, -0.1) is 0 Å². The van der Waals surface area contributed by atoms with Crippen molar-refractivity contribution in [2.75, 3.05) is 11.8 Å². The highest BCUT2D eigenvalue weighted by Gasteiger charge is 2.20. The second-order valence-corrected chi connectivity index (χ2v) is 9.86. The van der Waals surface area contributed by atoms with E-state index in [1.807, 2.05) is 19.1 Å². The van der Waals surface area contributed by atoms with Crippen molar-refractivity contribution in [3.05, 3.63) is 53.6 Å². The van der Waals surface area contributed by atoms with Crippen molar-refractivity contribution >= 4 is 25.7 Å². The van der Waals surface area contributed by atoms with Crippen LogP contribution in [-0.4, -0.2) is 30.0 Å². The van der Waals surface area contributed by atoms with Crippen LogP contribution in [0.1, 0.15) is 25.0 Å².